The summed E-state index contributed by atoms with van der Waals surface area (Å²) in [6, 6.07) is 13.8. The molecule has 0 atom stereocenters. The molecule has 0 spiro atoms. The summed E-state index contributed by atoms with van der Waals surface area (Å²) in [6.07, 6.45) is 6.93. The number of hydrogen-bond donors (Lipinski definition) is 1. The maximum absolute atomic E-state index is 12.7. The molecule has 124 valence electrons. The zero-order valence-electron chi connectivity index (χ0n) is 13.8. The number of carbonyl (C=O) groups is 1. The summed E-state index contributed by atoms with van der Waals surface area (Å²) in [7, 11) is 1.79. The van der Waals surface area contributed by atoms with Gasteiger partial charge in [-0.15, -0.1) is 0 Å². The molecule has 2 heterocycles. The van der Waals surface area contributed by atoms with Crippen molar-refractivity contribution in [3.63, 3.8) is 0 Å². The Morgan fingerprint density at radius 1 is 1.12 bits per heavy atom. The molecule has 0 aliphatic rings. The third kappa shape index (κ3) is 3.04. The fourth-order valence-electron chi connectivity index (χ4n) is 2.92. The molecule has 2 aromatic carbocycles. The van der Waals surface area contributed by atoms with Crippen molar-refractivity contribution < 1.29 is 9.21 Å². The molecule has 0 aliphatic heterocycles. The van der Waals surface area contributed by atoms with Gasteiger partial charge in [0.1, 0.15) is 0 Å². The monoisotopic (exact) mass is 331 g/mol. The predicted molar refractivity (Wildman–Crippen MR) is 96.0 cm³/mol. The Bertz CT molecular complexity index is 1000. The van der Waals surface area contributed by atoms with Crippen LogP contribution in [0.4, 0.5) is 0 Å². The summed E-state index contributed by atoms with van der Waals surface area (Å²) in [5.41, 5.74) is 3.79. The van der Waals surface area contributed by atoms with Crippen LogP contribution in [0.15, 0.2) is 71.8 Å². The van der Waals surface area contributed by atoms with Gasteiger partial charge < -0.3 is 9.32 Å². The zero-order chi connectivity index (χ0) is 17.2. The molecule has 0 unspecified atom stereocenters. The normalized spacial score (nSPS) is 10.9. The maximum atomic E-state index is 12.7. The topological polar surface area (TPSA) is 62.1 Å². The Morgan fingerprint density at radius 3 is 2.72 bits per heavy atom. The van der Waals surface area contributed by atoms with E-state index in [9.17, 15) is 4.79 Å². The highest BCUT2D eigenvalue weighted by Crippen LogP contribution is 2.25. The lowest BCUT2D eigenvalue weighted by molar-refractivity contribution is 0.0785. The first kappa shape index (κ1) is 15.2. The maximum Gasteiger partial charge on any atom is 0.253 e. The fourth-order valence-corrected chi connectivity index (χ4v) is 2.92. The highest BCUT2D eigenvalue weighted by atomic mass is 16.3. The number of amides is 1. The molecule has 4 rings (SSSR count). The number of hydrogen-bond acceptors (Lipinski definition) is 3. The van der Waals surface area contributed by atoms with Gasteiger partial charge in [-0.05, 0) is 40.6 Å². The second-order valence-corrected chi connectivity index (χ2v) is 6.06. The summed E-state index contributed by atoms with van der Waals surface area (Å²) in [5.74, 6) is -0.0120. The molecule has 0 fully saturated rings. The lowest BCUT2D eigenvalue weighted by atomic mass is 10.0. The van der Waals surface area contributed by atoms with Crippen LogP contribution in [0, 0.1) is 0 Å². The van der Waals surface area contributed by atoms with Crippen molar-refractivity contribution in [1.82, 2.24) is 15.1 Å². The van der Waals surface area contributed by atoms with Gasteiger partial charge in [0.15, 0.2) is 0 Å². The van der Waals surface area contributed by atoms with Crippen LogP contribution in [0.2, 0.25) is 0 Å². The molecular weight excluding hydrogens is 314 g/mol. The minimum Gasteiger partial charge on any atom is -0.472 e. The van der Waals surface area contributed by atoms with Gasteiger partial charge in [-0.3, -0.25) is 9.89 Å². The van der Waals surface area contributed by atoms with E-state index in [2.05, 4.69) is 16.3 Å². The van der Waals surface area contributed by atoms with Crippen LogP contribution < -0.4 is 0 Å². The number of nitrogens with one attached hydrogen (secondary N) is 1. The molecule has 0 radical (unpaired) electrons. The molecule has 5 nitrogen and oxygen atoms in total. The highest BCUT2D eigenvalue weighted by Gasteiger charge is 2.13. The average Bonchev–Trinajstić information content (AvgIpc) is 3.34. The Hall–Kier alpha value is -3.34. The van der Waals surface area contributed by atoms with Crippen molar-refractivity contribution in [3.8, 4) is 11.1 Å². The fraction of sp³-hybridized carbons (Fsp3) is 0.100. The molecule has 5 heteroatoms. The predicted octanol–water partition coefficient (Wildman–Crippen LogP) is 4.10. The molecule has 2 aromatic heterocycles. The minimum absolute atomic E-state index is 0.0120. The van der Waals surface area contributed by atoms with E-state index in [1.54, 1.807) is 30.7 Å². The smallest absolute Gasteiger partial charge is 0.253 e. The number of benzene rings is 2. The molecule has 25 heavy (non-hydrogen) atoms. The summed E-state index contributed by atoms with van der Waals surface area (Å²) in [5, 5.41) is 8.94. The van der Waals surface area contributed by atoms with Crippen LogP contribution in [0.1, 0.15) is 15.9 Å². The van der Waals surface area contributed by atoms with Crippen LogP contribution >= 0.6 is 0 Å². The number of aromatic nitrogens is 2. The molecule has 4 aromatic rings. The van der Waals surface area contributed by atoms with Gasteiger partial charge in [0.25, 0.3) is 5.91 Å². The Morgan fingerprint density at radius 2 is 1.96 bits per heavy atom. The first-order valence-electron chi connectivity index (χ1n) is 8.00. The molecule has 0 aliphatic carbocycles. The molecule has 0 saturated carbocycles. The summed E-state index contributed by atoms with van der Waals surface area (Å²) in [6.45, 7) is 0.521. The van der Waals surface area contributed by atoms with E-state index in [-0.39, 0.29) is 5.91 Å². The molecular formula is C20H17N3O2. The summed E-state index contributed by atoms with van der Waals surface area (Å²) >= 11 is 0. The van der Waals surface area contributed by atoms with Gasteiger partial charge in [-0.2, -0.15) is 5.10 Å². The molecule has 0 bridgehead atoms. The van der Waals surface area contributed by atoms with E-state index in [0.29, 0.717) is 12.1 Å². The van der Waals surface area contributed by atoms with E-state index < -0.39 is 0 Å². The number of furan rings is 1. The number of aromatic amines is 1. The average molecular weight is 331 g/mol. The number of nitrogens with zero attached hydrogens (tertiary/aromatic N) is 2. The van der Waals surface area contributed by atoms with Crippen LogP contribution in [0.25, 0.3) is 21.9 Å². The Labute approximate surface area is 144 Å². The van der Waals surface area contributed by atoms with Gasteiger partial charge >= 0.3 is 0 Å². The Kier molecular flexibility index (Phi) is 3.82. The van der Waals surface area contributed by atoms with Crippen molar-refractivity contribution >= 4 is 16.7 Å². The lowest BCUT2D eigenvalue weighted by Gasteiger charge is -2.16. The summed E-state index contributed by atoms with van der Waals surface area (Å²) in [4.78, 5) is 14.3. The lowest BCUT2D eigenvalue weighted by Crippen LogP contribution is -2.25. The quantitative estimate of drug-likeness (QED) is 0.612. The van der Waals surface area contributed by atoms with Gasteiger partial charge in [0.2, 0.25) is 0 Å². The van der Waals surface area contributed by atoms with Crippen LogP contribution in [-0.4, -0.2) is 28.1 Å². The van der Waals surface area contributed by atoms with Crippen LogP contribution in [-0.2, 0) is 6.54 Å². The third-order valence-corrected chi connectivity index (χ3v) is 4.27. The van der Waals surface area contributed by atoms with E-state index >= 15 is 0 Å². The van der Waals surface area contributed by atoms with Crippen molar-refractivity contribution in [2.45, 2.75) is 6.54 Å². The zero-order valence-corrected chi connectivity index (χ0v) is 13.8. The first-order valence-corrected chi connectivity index (χ1v) is 8.00. The Balaban J connectivity index is 1.60. The van der Waals surface area contributed by atoms with Gasteiger partial charge in [0.05, 0.1) is 18.7 Å². The number of rotatable bonds is 4. The number of carbonyl (C=O) groups excluding carboxylic acids is 1. The molecule has 0 saturated heterocycles. The first-order chi connectivity index (χ1) is 12.2. The second kappa shape index (κ2) is 6.28. The van der Waals surface area contributed by atoms with E-state index in [1.165, 1.54) is 0 Å². The third-order valence-electron chi connectivity index (χ3n) is 4.27. The molecule has 1 amide bonds. The van der Waals surface area contributed by atoms with E-state index in [1.807, 2.05) is 42.6 Å². The summed E-state index contributed by atoms with van der Waals surface area (Å²) < 4.78 is 5.06. The largest absolute Gasteiger partial charge is 0.472 e. The number of H-pyrrole nitrogens is 1. The van der Waals surface area contributed by atoms with Crippen molar-refractivity contribution in [2.24, 2.45) is 0 Å². The standard InChI is InChI=1S/C20H17N3O2/c1-23(12-14-6-7-25-13-14)20(24)18-5-4-15-8-17(3-2-16(15)9-18)19-10-21-22-11-19/h2-11,13H,12H2,1H3,(H,21,22). The second-order valence-electron chi connectivity index (χ2n) is 6.06. The van der Waals surface area contributed by atoms with Crippen molar-refractivity contribution in [1.29, 1.82) is 0 Å². The highest BCUT2D eigenvalue weighted by molar-refractivity contribution is 5.99. The van der Waals surface area contributed by atoms with E-state index in [0.717, 1.165) is 27.5 Å². The van der Waals surface area contributed by atoms with Gasteiger partial charge in [0, 0.05) is 36.5 Å². The van der Waals surface area contributed by atoms with Crippen LogP contribution in [0.3, 0.4) is 0 Å². The van der Waals surface area contributed by atoms with E-state index in [4.69, 9.17) is 4.42 Å². The van der Waals surface area contributed by atoms with Crippen molar-refractivity contribution in [3.05, 3.63) is 78.5 Å². The van der Waals surface area contributed by atoms with Crippen molar-refractivity contribution in [2.75, 3.05) is 7.05 Å². The van der Waals surface area contributed by atoms with Gasteiger partial charge in [-0.25, -0.2) is 0 Å². The minimum atomic E-state index is -0.0120. The molecule has 1 N–H and O–H groups in total. The van der Waals surface area contributed by atoms with Crippen LogP contribution in [0.5, 0.6) is 0 Å². The SMILES string of the molecule is CN(Cc1ccoc1)C(=O)c1ccc2cc(-c3cn[nH]c3)ccc2c1. The van der Waals surface area contributed by atoms with Gasteiger partial charge in [-0.1, -0.05) is 18.2 Å². The number of fused-ring (bicyclic) bond motifs is 1.